The molecule has 1 saturated heterocycles. The molecule has 0 spiro atoms. The van der Waals surface area contributed by atoms with E-state index in [0.29, 0.717) is 0 Å². The van der Waals surface area contributed by atoms with Crippen molar-refractivity contribution in [2.24, 2.45) is 0 Å². The van der Waals surface area contributed by atoms with Gasteiger partial charge in [0.15, 0.2) is 0 Å². The third-order valence-corrected chi connectivity index (χ3v) is 2.58. The van der Waals surface area contributed by atoms with Crippen LogP contribution in [-0.4, -0.2) is 62.7 Å². The van der Waals surface area contributed by atoms with Crippen molar-refractivity contribution < 1.29 is 29.6 Å². The number of ether oxygens (including phenoxy) is 1. The van der Waals surface area contributed by atoms with E-state index in [1.807, 2.05) is 0 Å². The molecule has 0 saturated carbocycles. The third-order valence-electron chi connectivity index (χ3n) is 2.58. The second-order valence-corrected chi connectivity index (χ2v) is 5.36. The Morgan fingerprint density at radius 3 is 2.22 bits per heavy atom. The highest BCUT2D eigenvalue weighted by atomic mass is 16.6. The molecular formula is C11H19NO6. The largest absolute Gasteiger partial charge is 0.480 e. The molecule has 0 aromatic rings. The average Bonchev–Trinajstić information content (AvgIpc) is 2.18. The molecule has 1 aliphatic rings. The highest BCUT2D eigenvalue weighted by Crippen LogP contribution is 2.21. The summed E-state index contributed by atoms with van der Waals surface area (Å²) in [6.45, 7) is 4.73. The Labute approximate surface area is 105 Å². The average molecular weight is 261 g/mol. The van der Waals surface area contributed by atoms with Crippen LogP contribution in [-0.2, 0) is 9.53 Å². The van der Waals surface area contributed by atoms with E-state index < -0.39 is 35.9 Å². The summed E-state index contributed by atoms with van der Waals surface area (Å²) in [5.74, 6) is -1.23. The molecule has 1 heterocycles. The first kappa shape index (κ1) is 14.7. The van der Waals surface area contributed by atoms with Gasteiger partial charge in [-0.05, 0) is 20.8 Å². The highest BCUT2D eigenvalue weighted by Gasteiger charge is 2.41. The Balaban J connectivity index is 2.82. The molecule has 18 heavy (non-hydrogen) atoms. The first-order valence-electron chi connectivity index (χ1n) is 5.70. The summed E-state index contributed by atoms with van der Waals surface area (Å²) in [6, 6.07) is -1.18. The Bertz CT molecular complexity index is 337. The molecule has 7 nitrogen and oxygen atoms in total. The molecule has 0 radical (unpaired) electrons. The van der Waals surface area contributed by atoms with Crippen LogP contribution in [0, 0.1) is 0 Å². The van der Waals surface area contributed by atoms with Crippen molar-refractivity contribution in [3.05, 3.63) is 0 Å². The Morgan fingerprint density at radius 2 is 1.78 bits per heavy atom. The van der Waals surface area contributed by atoms with Gasteiger partial charge in [-0.15, -0.1) is 0 Å². The van der Waals surface area contributed by atoms with Crippen LogP contribution in [0.2, 0.25) is 0 Å². The minimum absolute atomic E-state index is 0.213. The standard InChI is InChI=1S/C11H19NO6/c1-11(2,3)18-10(17)12-5-8(14)7(13)4-6(12)9(15)16/h6-8,13-14H,4-5H2,1-3H3,(H,15,16)/t6?,7-,8+/m0/s1. The van der Waals surface area contributed by atoms with Crippen molar-refractivity contribution in [3.63, 3.8) is 0 Å². The van der Waals surface area contributed by atoms with Gasteiger partial charge in [0.2, 0.25) is 0 Å². The first-order valence-corrected chi connectivity index (χ1v) is 5.70. The molecule has 3 N–H and O–H groups in total. The number of aliphatic hydroxyl groups excluding tert-OH is 2. The molecule has 1 aliphatic heterocycles. The van der Waals surface area contributed by atoms with Crippen molar-refractivity contribution in [3.8, 4) is 0 Å². The molecule has 1 rings (SSSR count). The van der Waals surface area contributed by atoms with E-state index in [1.54, 1.807) is 20.8 Å². The smallest absolute Gasteiger partial charge is 0.411 e. The lowest BCUT2D eigenvalue weighted by molar-refractivity contribution is -0.150. The van der Waals surface area contributed by atoms with Crippen LogP contribution in [0.15, 0.2) is 0 Å². The summed E-state index contributed by atoms with van der Waals surface area (Å²) >= 11 is 0. The number of carbonyl (C=O) groups excluding carboxylic acids is 1. The van der Waals surface area contributed by atoms with E-state index in [2.05, 4.69) is 0 Å². The second kappa shape index (κ2) is 5.11. The highest BCUT2D eigenvalue weighted by molar-refractivity contribution is 5.80. The van der Waals surface area contributed by atoms with Crippen LogP contribution in [0.1, 0.15) is 27.2 Å². The van der Waals surface area contributed by atoms with E-state index >= 15 is 0 Å². The monoisotopic (exact) mass is 261 g/mol. The lowest BCUT2D eigenvalue weighted by Crippen LogP contribution is -2.58. The number of carboxylic acid groups (broad SMARTS) is 1. The quantitative estimate of drug-likeness (QED) is 0.603. The van der Waals surface area contributed by atoms with E-state index in [-0.39, 0.29) is 13.0 Å². The third kappa shape index (κ3) is 3.58. The van der Waals surface area contributed by atoms with Gasteiger partial charge in [0.25, 0.3) is 0 Å². The Morgan fingerprint density at radius 1 is 1.22 bits per heavy atom. The second-order valence-electron chi connectivity index (χ2n) is 5.36. The maximum atomic E-state index is 11.8. The number of amides is 1. The summed E-state index contributed by atoms with van der Waals surface area (Å²) in [7, 11) is 0. The molecule has 0 aromatic carbocycles. The molecule has 1 amide bonds. The van der Waals surface area contributed by atoms with Crippen molar-refractivity contribution in [2.45, 2.75) is 51.0 Å². The number of piperidine rings is 1. The lowest BCUT2D eigenvalue weighted by atomic mass is 9.98. The van der Waals surface area contributed by atoms with Gasteiger partial charge in [0, 0.05) is 6.42 Å². The molecule has 0 bridgehead atoms. The van der Waals surface area contributed by atoms with Crippen molar-refractivity contribution in [1.82, 2.24) is 4.90 Å². The molecule has 104 valence electrons. The fraction of sp³-hybridized carbons (Fsp3) is 0.818. The summed E-state index contributed by atoms with van der Waals surface area (Å²) in [5.41, 5.74) is -0.749. The number of nitrogens with zero attached hydrogens (tertiary/aromatic N) is 1. The fourth-order valence-corrected chi connectivity index (χ4v) is 1.72. The maximum Gasteiger partial charge on any atom is 0.411 e. The van der Waals surface area contributed by atoms with E-state index in [4.69, 9.17) is 9.84 Å². The minimum Gasteiger partial charge on any atom is -0.480 e. The molecule has 0 aliphatic carbocycles. The number of rotatable bonds is 1. The van der Waals surface area contributed by atoms with Crippen LogP contribution in [0.4, 0.5) is 4.79 Å². The zero-order valence-corrected chi connectivity index (χ0v) is 10.7. The molecule has 0 aromatic heterocycles. The summed E-state index contributed by atoms with van der Waals surface area (Å²) in [6.07, 6.45) is -3.32. The predicted octanol–water partition coefficient (Wildman–Crippen LogP) is -0.198. The summed E-state index contributed by atoms with van der Waals surface area (Å²) in [4.78, 5) is 23.8. The van der Waals surface area contributed by atoms with Crippen LogP contribution in [0.25, 0.3) is 0 Å². The molecular weight excluding hydrogens is 242 g/mol. The van der Waals surface area contributed by atoms with Gasteiger partial charge in [0.1, 0.15) is 11.6 Å². The number of hydrogen-bond acceptors (Lipinski definition) is 5. The van der Waals surface area contributed by atoms with Gasteiger partial charge in [0.05, 0.1) is 18.8 Å². The SMILES string of the molecule is CC(C)(C)OC(=O)N1C[C@@H](O)[C@@H](O)CC1C(=O)O. The minimum atomic E-state index is -1.23. The van der Waals surface area contributed by atoms with Crippen LogP contribution < -0.4 is 0 Å². The molecule has 1 fully saturated rings. The van der Waals surface area contributed by atoms with Gasteiger partial charge < -0.3 is 20.1 Å². The topological polar surface area (TPSA) is 107 Å². The first-order chi connectivity index (χ1) is 8.11. The van der Waals surface area contributed by atoms with Crippen LogP contribution >= 0.6 is 0 Å². The molecule has 7 heteroatoms. The maximum absolute atomic E-state index is 11.8. The summed E-state index contributed by atoms with van der Waals surface area (Å²) in [5, 5.41) is 28.0. The molecule has 3 atom stereocenters. The van der Waals surface area contributed by atoms with E-state index in [0.717, 1.165) is 4.90 Å². The normalized spacial score (nSPS) is 28.9. The van der Waals surface area contributed by atoms with Crippen LogP contribution in [0.5, 0.6) is 0 Å². The zero-order valence-electron chi connectivity index (χ0n) is 10.7. The predicted molar refractivity (Wildman–Crippen MR) is 61.0 cm³/mol. The van der Waals surface area contributed by atoms with E-state index in [9.17, 15) is 19.8 Å². The van der Waals surface area contributed by atoms with Crippen molar-refractivity contribution in [2.75, 3.05) is 6.54 Å². The Kier molecular flexibility index (Phi) is 4.18. The van der Waals surface area contributed by atoms with E-state index in [1.165, 1.54) is 0 Å². The number of carbonyl (C=O) groups is 2. The number of aliphatic carboxylic acids is 1. The Hall–Kier alpha value is -1.34. The zero-order chi connectivity index (χ0) is 14.1. The number of hydrogen-bond donors (Lipinski definition) is 3. The molecule has 1 unspecified atom stereocenters. The summed E-state index contributed by atoms with van der Waals surface area (Å²) < 4.78 is 5.07. The van der Waals surface area contributed by atoms with Gasteiger partial charge >= 0.3 is 12.1 Å². The van der Waals surface area contributed by atoms with Gasteiger partial charge in [-0.2, -0.15) is 0 Å². The number of likely N-dealkylation sites (tertiary alicyclic amines) is 1. The number of β-amino-alcohol motifs (C(OH)–C–C–N with tert-alkyl or cyclic N) is 1. The van der Waals surface area contributed by atoms with Crippen molar-refractivity contribution in [1.29, 1.82) is 0 Å². The van der Waals surface area contributed by atoms with Gasteiger partial charge in [-0.3, -0.25) is 4.90 Å². The van der Waals surface area contributed by atoms with Gasteiger partial charge in [-0.25, -0.2) is 9.59 Å². The fourth-order valence-electron chi connectivity index (χ4n) is 1.72. The van der Waals surface area contributed by atoms with Crippen molar-refractivity contribution >= 4 is 12.1 Å². The lowest BCUT2D eigenvalue weighted by Gasteiger charge is -2.38. The van der Waals surface area contributed by atoms with Crippen LogP contribution in [0.3, 0.4) is 0 Å². The number of aliphatic hydroxyl groups is 2. The number of carboxylic acids is 1. The van der Waals surface area contributed by atoms with Gasteiger partial charge in [-0.1, -0.05) is 0 Å².